The van der Waals surface area contributed by atoms with E-state index in [0.29, 0.717) is 21.9 Å². The Hall–Kier alpha value is -2.00. The molecule has 0 aliphatic carbocycles. The number of hydrogen-bond donors (Lipinski definition) is 1. The molecule has 1 N–H and O–H groups in total. The first-order chi connectivity index (χ1) is 8.28. The third kappa shape index (κ3) is 1.65. The summed E-state index contributed by atoms with van der Waals surface area (Å²) in [6.07, 6.45) is 0. The van der Waals surface area contributed by atoms with E-state index in [0.717, 1.165) is 11.3 Å². The molecule has 0 atom stereocenters. The predicted octanol–water partition coefficient (Wildman–Crippen LogP) is 2.44. The number of nitrogens with one attached hydrogen (secondary N) is 1. The molecule has 1 aliphatic rings. The van der Waals surface area contributed by atoms with Crippen LogP contribution in [0.15, 0.2) is 22.8 Å². The summed E-state index contributed by atoms with van der Waals surface area (Å²) in [5.74, 6) is 2.03. The molecule has 0 radical (unpaired) electrons. The van der Waals surface area contributed by atoms with Crippen molar-refractivity contribution in [3.63, 3.8) is 0 Å². The van der Waals surface area contributed by atoms with E-state index in [2.05, 4.69) is 25.9 Å². The van der Waals surface area contributed by atoms with Crippen LogP contribution in [0.1, 0.15) is 5.69 Å². The standard InChI is InChI=1S/C11H6BrN3O2/c12-10-7(4-13)14-11(15-10)6-1-2-8-9(3-6)17-5-16-8/h1-3H,5H2,(H,14,15). The molecule has 6 heteroatoms. The van der Waals surface area contributed by atoms with Crippen LogP contribution in [-0.2, 0) is 0 Å². The van der Waals surface area contributed by atoms with Crippen LogP contribution in [0.25, 0.3) is 11.4 Å². The number of rotatable bonds is 1. The van der Waals surface area contributed by atoms with Crippen molar-refractivity contribution < 1.29 is 9.47 Å². The monoisotopic (exact) mass is 291 g/mol. The average Bonchev–Trinajstić information content (AvgIpc) is 2.93. The lowest BCUT2D eigenvalue weighted by molar-refractivity contribution is 0.174. The van der Waals surface area contributed by atoms with Crippen molar-refractivity contribution in [3.8, 4) is 29.0 Å². The molecule has 1 aromatic carbocycles. The van der Waals surface area contributed by atoms with Gasteiger partial charge in [0.25, 0.3) is 0 Å². The molecule has 84 valence electrons. The van der Waals surface area contributed by atoms with E-state index in [1.54, 1.807) is 0 Å². The van der Waals surface area contributed by atoms with Gasteiger partial charge in [0.1, 0.15) is 16.5 Å². The zero-order valence-electron chi connectivity index (χ0n) is 8.53. The van der Waals surface area contributed by atoms with Crippen molar-refractivity contribution in [2.45, 2.75) is 0 Å². The fourth-order valence-corrected chi connectivity index (χ4v) is 1.97. The number of ether oxygens (including phenoxy) is 2. The third-order valence-corrected chi connectivity index (χ3v) is 2.99. The summed E-state index contributed by atoms with van der Waals surface area (Å²) in [6, 6.07) is 7.50. The minimum absolute atomic E-state index is 0.240. The molecule has 0 unspecified atom stereocenters. The molecule has 0 saturated heterocycles. The molecule has 2 heterocycles. The van der Waals surface area contributed by atoms with Crippen molar-refractivity contribution in [2.75, 3.05) is 6.79 Å². The van der Waals surface area contributed by atoms with Gasteiger partial charge in [0.05, 0.1) is 0 Å². The maximum atomic E-state index is 8.83. The normalized spacial score (nSPS) is 12.5. The van der Waals surface area contributed by atoms with Crippen LogP contribution in [0.4, 0.5) is 0 Å². The van der Waals surface area contributed by atoms with E-state index in [-0.39, 0.29) is 6.79 Å². The van der Waals surface area contributed by atoms with Gasteiger partial charge in [0.2, 0.25) is 6.79 Å². The molecule has 0 saturated carbocycles. The summed E-state index contributed by atoms with van der Waals surface area (Å²) in [5, 5.41) is 8.83. The van der Waals surface area contributed by atoms with Crippen LogP contribution in [0.5, 0.6) is 11.5 Å². The Morgan fingerprint density at radius 1 is 1.35 bits per heavy atom. The van der Waals surface area contributed by atoms with E-state index >= 15 is 0 Å². The van der Waals surface area contributed by atoms with Gasteiger partial charge >= 0.3 is 0 Å². The molecule has 1 aliphatic heterocycles. The number of nitrogens with zero attached hydrogens (tertiary/aromatic N) is 2. The molecule has 0 bridgehead atoms. The second kappa shape index (κ2) is 3.79. The van der Waals surface area contributed by atoms with Crippen molar-refractivity contribution in [1.29, 1.82) is 5.26 Å². The zero-order valence-corrected chi connectivity index (χ0v) is 10.1. The minimum Gasteiger partial charge on any atom is -0.454 e. The number of aromatic amines is 1. The molecule has 17 heavy (non-hydrogen) atoms. The number of aromatic nitrogens is 2. The first-order valence-electron chi connectivity index (χ1n) is 4.83. The van der Waals surface area contributed by atoms with Crippen molar-refractivity contribution in [3.05, 3.63) is 28.5 Å². The predicted molar refractivity (Wildman–Crippen MR) is 62.6 cm³/mol. The van der Waals surface area contributed by atoms with E-state index in [1.807, 2.05) is 24.3 Å². The summed E-state index contributed by atoms with van der Waals surface area (Å²) < 4.78 is 11.1. The third-order valence-electron chi connectivity index (χ3n) is 2.41. The molecule has 5 nitrogen and oxygen atoms in total. The SMILES string of the molecule is N#Cc1nc(-c2ccc3c(c2)OCO3)[nH]c1Br. The Balaban J connectivity index is 2.07. The average molecular weight is 292 g/mol. The van der Waals surface area contributed by atoms with Gasteiger partial charge < -0.3 is 14.5 Å². The Morgan fingerprint density at radius 2 is 2.18 bits per heavy atom. The lowest BCUT2D eigenvalue weighted by Gasteiger charge is -1.99. The highest BCUT2D eigenvalue weighted by Gasteiger charge is 2.16. The van der Waals surface area contributed by atoms with Crippen LogP contribution in [0.2, 0.25) is 0 Å². The van der Waals surface area contributed by atoms with Gasteiger partial charge in [-0.1, -0.05) is 0 Å². The Bertz CT molecular complexity index is 630. The summed E-state index contributed by atoms with van der Waals surface area (Å²) >= 11 is 3.24. The lowest BCUT2D eigenvalue weighted by Crippen LogP contribution is -1.92. The first kappa shape index (κ1) is 10.2. The Kier molecular flexibility index (Phi) is 2.27. The van der Waals surface area contributed by atoms with Gasteiger partial charge in [0.15, 0.2) is 17.2 Å². The number of hydrogen-bond acceptors (Lipinski definition) is 4. The maximum Gasteiger partial charge on any atom is 0.231 e. The topological polar surface area (TPSA) is 70.9 Å². The highest BCUT2D eigenvalue weighted by atomic mass is 79.9. The van der Waals surface area contributed by atoms with Gasteiger partial charge in [-0.2, -0.15) is 5.26 Å². The van der Waals surface area contributed by atoms with Crippen molar-refractivity contribution >= 4 is 15.9 Å². The second-order valence-corrected chi connectivity index (χ2v) is 4.22. The smallest absolute Gasteiger partial charge is 0.231 e. The van der Waals surface area contributed by atoms with Crippen LogP contribution in [-0.4, -0.2) is 16.8 Å². The molecule has 0 spiro atoms. The molecule has 2 aromatic rings. The highest BCUT2D eigenvalue weighted by Crippen LogP contribution is 2.35. The fraction of sp³-hybridized carbons (Fsp3) is 0.0909. The van der Waals surface area contributed by atoms with Gasteiger partial charge in [-0.25, -0.2) is 4.98 Å². The van der Waals surface area contributed by atoms with Crippen LogP contribution in [0, 0.1) is 11.3 Å². The van der Waals surface area contributed by atoms with E-state index in [1.165, 1.54) is 0 Å². The molecule has 3 rings (SSSR count). The van der Waals surface area contributed by atoms with Crippen LogP contribution >= 0.6 is 15.9 Å². The van der Waals surface area contributed by atoms with Crippen molar-refractivity contribution in [2.24, 2.45) is 0 Å². The largest absolute Gasteiger partial charge is 0.454 e. The summed E-state index contributed by atoms with van der Waals surface area (Å²) in [4.78, 5) is 7.15. The molecule has 1 aromatic heterocycles. The molecular formula is C11H6BrN3O2. The molecule has 0 amide bonds. The van der Waals surface area contributed by atoms with Gasteiger partial charge in [0, 0.05) is 5.56 Å². The quantitative estimate of drug-likeness (QED) is 0.876. The first-order valence-corrected chi connectivity index (χ1v) is 5.63. The van der Waals surface area contributed by atoms with Crippen LogP contribution in [0.3, 0.4) is 0 Å². The highest BCUT2D eigenvalue weighted by molar-refractivity contribution is 9.10. The summed E-state index contributed by atoms with van der Waals surface area (Å²) in [6.45, 7) is 0.240. The number of imidazole rings is 1. The number of halogens is 1. The number of H-pyrrole nitrogens is 1. The summed E-state index contributed by atoms with van der Waals surface area (Å²) in [5.41, 5.74) is 1.18. The summed E-state index contributed by atoms with van der Waals surface area (Å²) in [7, 11) is 0. The van der Waals surface area contributed by atoms with Gasteiger partial charge in [-0.05, 0) is 34.1 Å². The minimum atomic E-state index is 0.240. The van der Waals surface area contributed by atoms with E-state index in [9.17, 15) is 0 Å². The lowest BCUT2D eigenvalue weighted by atomic mass is 10.2. The number of benzene rings is 1. The number of nitriles is 1. The Labute approximate surface area is 105 Å². The van der Waals surface area contributed by atoms with Gasteiger partial charge in [-0.15, -0.1) is 0 Å². The molecule has 0 fully saturated rings. The fourth-order valence-electron chi connectivity index (χ4n) is 1.61. The zero-order chi connectivity index (χ0) is 11.8. The Morgan fingerprint density at radius 3 is 2.94 bits per heavy atom. The molecular weight excluding hydrogens is 286 g/mol. The van der Waals surface area contributed by atoms with Crippen molar-refractivity contribution in [1.82, 2.24) is 9.97 Å². The number of fused-ring (bicyclic) bond motifs is 1. The van der Waals surface area contributed by atoms with E-state index < -0.39 is 0 Å². The second-order valence-electron chi connectivity index (χ2n) is 3.43. The van der Waals surface area contributed by atoms with Gasteiger partial charge in [-0.3, -0.25) is 0 Å². The maximum absolute atomic E-state index is 8.83. The van der Waals surface area contributed by atoms with E-state index in [4.69, 9.17) is 14.7 Å². The van der Waals surface area contributed by atoms with Crippen LogP contribution < -0.4 is 9.47 Å².